The zero-order chi connectivity index (χ0) is 11.2. The van der Waals surface area contributed by atoms with Crippen molar-refractivity contribution in [3.8, 4) is 11.5 Å². The van der Waals surface area contributed by atoms with Crippen LogP contribution in [-0.4, -0.2) is 16.9 Å². The smallest absolute Gasteiger partial charge is 0.336 e. The van der Waals surface area contributed by atoms with Crippen LogP contribution in [0.5, 0.6) is 11.5 Å². The Morgan fingerprint density at radius 3 is 2.33 bits per heavy atom. The highest BCUT2D eigenvalue weighted by atomic mass is 16.7. The van der Waals surface area contributed by atoms with E-state index in [1.54, 1.807) is 26.8 Å². The molecule has 0 amide bonds. The second-order valence-corrected chi connectivity index (χ2v) is 4.02. The van der Waals surface area contributed by atoms with Crippen molar-refractivity contribution in [2.45, 2.75) is 26.6 Å². The molecule has 0 atom stereocenters. The summed E-state index contributed by atoms with van der Waals surface area (Å²) >= 11 is 0. The molecule has 1 heterocycles. The molecule has 4 heteroatoms. The molecule has 15 heavy (non-hydrogen) atoms. The van der Waals surface area contributed by atoms with Crippen LogP contribution in [0.3, 0.4) is 0 Å². The van der Waals surface area contributed by atoms with Crippen molar-refractivity contribution in [3.63, 3.8) is 0 Å². The van der Waals surface area contributed by atoms with Gasteiger partial charge in [-0.05, 0) is 24.6 Å². The lowest BCUT2D eigenvalue weighted by Gasteiger charge is -2.16. The molecule has 2 rings (SSSR count). The van der Waals surface area contributed by atoms with Gasteiger partial charge in [0.1, 0.15) is 0 Å². The van der Waals surface area contributed by atoms with Crippen LogP contribution >= 0.6 is 0 Å². The molecule has 1 aliphatic rings. The molecule has 0 radical (unpaired) electrons. The van der Waals surface area contributed by atoms with Crippen molar-refractivity contribution >= 4 is 5.97 Å². The fraction of sp³-hybridized carbons (Fsp3) is 0.364. The third-order valence-electron chi connectivity index (χ3n) is 2.23. The highest BCUT2D eigenvalue weighted by Crippen LogP contribution is 2.40. The average molecular weight is 208 g/mol. The lowest BCUT2D eigenvalue weighted by atomic mass is 10.1. The monoisotopic (exact) mass is 208 g/mol. The Hall–Kier alpha value is -1.71. The fourth-order valence-corrected chi connectivity index (χ4v) is 1.60. The third-order valence-corrected chi connectivity index (χ3v) is 2.23. The minimum Gasteiger partial charge on any atom is -0.478 e. The van der Waals surface area contributed by atoms with Gasteiger partial charge in [0.25, 0.3) is 0 Å². The number of aryl methyl sites for hydroxylation is 1. The van der Waals surface area contributed by atoms with Gasteiger partial charge >= 0.3 is 5.97 Å². The minimum atomic E-state index is -0.955. The maximum atomic E-state index is 10.9. The van der Waals surface area contributed by atoms with Crippen LogP contribution in [0.25, 0.3) is 0 Å². The van der Waals surface area contributed by atoms with Crippen molar-refractivity contribution in [2.24, 2.45) is 0 Å². The second kappa shape index (κ2) is 2.89. The fourth-order valence-electron chi connectivity index (χ4n) is 1.60. The van der Waals surface area contributed by atoms with Gasteiger partial charge in [-0.2, -0.15) is 0 Å². The van der Waals surface area contributed by atoms with Crippen molar-refractivity contribution < 1.29 is 19.4 Å². The van der Waals surface area contributed by atoms with Gasteiger partial charge in [0, 0.05) is 13.8 Å². The largest absolute Gasteiger partial charge is 0.478 e. The van der Waals surface area contributed by atoms with Gasteiger partial charge in [0.05, 0.1) is 5.56 Å². The summed E-state index contributed by atoms with van der Waals surface area (Å²) in [6, 6.07) is 3.19. The van der Waals surface area contributed by atoms with Gasteiger partial charge in [-0.1, -0.05) is 0 Å². The molecule has 0 bridgehead atoms. The average Bonchev–Trinajstić information content (AvgIpc) is 2.36. The van der Waals surface area contributed by atoms with E-state index in [9.17, 15) is 4.79 Å². The van der Waals surface area contributed by atoms with Crippen molar-refractivity contribution in [2.75, 3.05) is 0 Å². The zero-order valence-electron chi connectivity index (χ0n) is 8.83. The molecule has 0 saturated carbocycles. The molecule has 80 valence electrons. The van der Waals surface area contributed by atoms with E-state index in [0.717, 1.165) is 0 Å². The van der Waals surface area contributed by atoms with E-state index >= 15 is 0 Å². The van der Waals surface area contributed by atoms with Gasteiger partial charge in [-0.3, -0.25) is 0 Å². The predicted molar refractivity (Wildman–Crippen MR) is 53.5 cm³/mol. The topological polar surface area (TPSA) is 55.8 Å². The normalized spacial score (nSPS) is 16.5. The Morgan fingerprint density at radius 2 is 1.80 bits per heavy atom. The second-order valence-electron chi connectivity index (χ2n) is 4.02. The quantitative estimate of drug-likeness (QED) is 0.768. The molecule has 0 saturated heterocycles. The summed E-state index contributed by atoms with van der Waals surface area (Å²) in [4.78, 5) is 10.9. The van der Waals surface area contributed by atoms with Gasteiger partial charge in [0.2, 0.25) is 5.79 Å². The number of rotatable bonds is 1. The summed E-state index contributed by atoms with van der Waals surface area (Å²) in [6.07, 6.45) is 0. The molecule has 0 aromatic heterocycles. The van der Waals surface area contributed by atoms with Gasteiger partial charge in [0.15, 0.2) is 11.5 Å². The Bertz CT molecular complexity index is 434. The zero-order valence-corrected chi connectivity index (χ0v) is 8.83. The molecule has 1 aromatic rings. The first-order valence-corrected chi connectivity index (χ1v) is 4.65. The number of carboxylic acids is 1. The first kappa shape index (κ1) is 9.83. The molecule has 0 aliphatic carbocycles. The van der Waals surface area contributed by atoms with E-state index in [1.807, 2.05) is 0 Å². The van der Waals surface area contributed by atoms with Crippen LogP contribution in [0.15, 0.2) is 12.1 Å². The Balaban J connectivity index is 2.50. The first-order chi connectivity index (χ1) is 6.89. The third kappa shape index (κ3) is 1.63. The Morgan fingerprint density at radius 1 is 1.27 bits per heavy atom. The molecule has 0 fully saturated rings. The molecule has 0 unspecified atom stereocenters. The summed E-state index contributed by atoms with van der Waals surface area (Å²) in [6.45, 7) is 5.30. The standard InChI is InChI=1S/C11H12O4/c1-6-4-8-9(5-7(6)10(12)13)15-11(2,3)14-8/h4-5H,1-3H3,(H,12,13). The van der Waals surface area contributed by atoms with Crippen molar-refractivity contribution in [1.29, 1.82) is 0 Å². The summed E-state index contributed by atoms with van der Waals surface area (Å²) in [7, 11) is 0. The number of ether oxygens (including phenoxy) is 2. The molecular formula is C11H12O4. The number of benzene rings is 1. The van der Waals surface area contributed by atoms with Crippen LogP contribution in [0, 0.1) is 6.92 Å². The maximum Gasteiger partial charge on any atom is 0.336 e. The summed E-state index contributed by atoms with van der Waals surface area (Å²) in [5.41, 5.74) is 0.914. The minimum absolute atomic E-state index is 0.245. The van der Waals surface area contributed by atoms with E-state index in [2.05, 4.69) is 0 Å². The highest BCUT2D eigenvalue weighted by Gasteiger charge is 2.32. The molecule has 1 aromatic carbocycles. The van der Waals surface area contributed by atoms with Crippen LogP contribution in [-0.2, 0) is 0 Å². The van der Waals surface area contributed by atoms with Crippen LogP contribution < -0.4 is 9.47 Å². The van der Waals surface area contributed by atoms with Gasteiger partial charge in [-0.15, -0.1) is 0 Å². The number of hydrogen-bond donors (Lipinski definition) is 1. The van der Waals surface area contributed by atoms with Gasteiger partial charge < -0.3 is 14.6 Å². The molecule has 4 nitrogen and oxygen atoms in total. The first-order valence-electron chi connectivity index (χ1n) is 4.65. The molecule has 1 N–H and O–H groups in total. The number of fused-ring (bicyclic) bond motifs is 1. The van der Waals surface area contributed by atoms with E-state index in [1.165, 1.54) is 6.07 Å². The maximum absolute atomic E-state index is 10.9. The van der Waals surface area contributed by atoms with E-state index in [0.29, 0.717) is 17.1 Å². The Labute approximate surface area is 87.4 Å². The predicted octanol–water partition coefficient (Wildman–Crippen LogP) is 2.20. The number of hydrogen-bond acceptors (Lipinski definition) is 3. The van der Waals surface area contributed by atoms with Crippen molar-refractivity contribution in [3.05, 3.63) is 23.3 Å². The summed E-state index contributed by atoms with van der Waals surface area (Å²) in [5, 5.41) is 8.93. The SMILES string of the molecule is Cc1cc2c(cc1C(=O)O)OC(C)(C)O2. The van der Waals surface area contributed by atoms with E-state index in [-0.39, 0.29) is 5.56 Å². The number of aromatic carboxylic acids is 1. The lowest BCUT2D eigenvalue weighted by molar-refractivity contribution is -0.0431. The van der Waals surface area contributed by atoms with Crippen molar-refractivity contribution in [1.82, 2.24) is 0 Å². The number of carboxylic acid groups (broad SMARTS) is 1. The molecule has 0 spiro atoms. The highest BCUT2D eigenvalue weighted by molar-refractivity contribution is 5.90. The lowest BCUT2D eigenvalue weighted by Crippen LogP contribution is -2.29. The summed E-state index contributed by atoms with van der Waals surface area (Å²) < 4.78 is 10.9. The summed E-state index contributed by atoms with van der Waals surface area (Å²) in [5.74, 6) is -0.583. The number of carbonyl (C=O) groups is 1. The van der Waals surface area contributed by atoms with Crippen LogP contribution in [0.4, 0.5) is 0 Å². The van der Waals surface area contributed by atoms with E-state index in [4.69, 9.17) is 14.6 Å². The van der Waals surface area contributed by atoms with E-state index < -0.39 is 11.8 Å². The molecular weight excluding hydrogens is 196 g/mol. The molecule has 1 aliphatic heterocycles. The van der Waals surface area contributed by atoms with Crippen LogP contribution in [0.2, 0.25) is 0 Å². The van der Waals surface area contributed by atoms with Gasteiger partial charge in [-0.25, -0.2) is 4.79 Å². The Kier molecular flexibility index (Phi) is 1.89. The van der Waals surface area contributed by atoms with Crippen LogP contribution in [0.1, 0.15) is 29.8 Å².